The van der Waals surface area contributed by atoms with Gasteiger partial charge >= 0.3 is 0 Å². The number of rotatable bonds is 0. The van der Waals surface area contributed by atoms with Gasteiger partial charge in [0.1, 0.15) is 0 Å². The van der Waals surface area contributed by atoms with E-state index in [-0.39, 0.29) is 0 Å². The van der Waals surface area contributed by atoms with E-state index in [0.29, 0.717) is 5.41 Å². The molecule has 0 fully saturated rings. The fraction of sp³-hybridized carbons (Fsp3) is 0.500. The monoisotopic (exact) mass is 301 g/mol. The molecule has 0 amide bonds. The van der Waals surface area contributed by atoms with Crippen LogP contribution in [0.1, 0.15) is 32.3 Å². The molecule has 76 valence electrons. The first-order chi connectivity index (χ1) is 6.59. The van der Waals surface area contributed by atoms with Crippen molar-refractivity contribution in [1.29, 1.82) is 0 Å². The molecule has 0 saturated heterocycles. The van der Waals surface area contributed by atoms with Crippen LogP contribution in [0, 0.1) is 3.57 Å². The third-order valence-electron chi connectivity index (χ3n) is 3.00. The maximum absolute atomic E-state index is 3.50. The Labute approximate surface area is 99.4 Å². The second kappa shape index (κ2) is 3.72. The highest BCUT2D eigenvalue weighted by Crippen LogP contribution is 2.36. The standard InChI is InChI=1S/C12H16IN/c1-12(2)6-3-7-14-11-5-4-9(13)8-10(11)12/h4-5,8,14H,3,6-7H2,1-2H3. The van der Waals surface area contributed by atoms with Crippen molar-refractivity contribution < 1.29 is 0 Å². The van der Waals surface area contributed by atoms with Crippen molar-refractivity contribution in [3.8, 4) is 0 Å². The van der Waals surface area contributed by atoms with Gasteiger partial charge in [-0.05, 0) is 64.6 Å². The maximum Gasteiger partial charge on any atom is 0.0378 e. The minimum absolute atomic E-state index is 0.319. The average Bonchev–Trinajstić information content (AvgIpc) is 2.26. The Hall–Kier alpha value is -0.250. The predicted molar refractivity (Wildman–Crippen MR) is 69.9 cm³/mol. The van der Waals surface area contributed by atoms with Crippen molar-refractivity contribution in [2.75, 3.05) is 11.9 Å². The fourth-order valence-electron chi connectivity index (χ4n) is 2.12. The Morgan fingerprint density at radius 3 is 2.93 bits per heavy atom. The van der Waals surface area contributed by atoms with Crippen LogP contribution in [0.15, 0.2) is 18.2 Å². The molecule has 2 rings (SSSR count). The summed E-state index contributed by atoms with van der Waals surface area (Å²) < 4.78 is 1.33. The van der Waals surface area contributed by atoms with Crippen molar-refractivity contribution in [3.63, 3.8) is 0 Å². The van der Waals surface area contributed by atoms with Crippen molar-refractivity contribution in [2.24, 2.45) is 0 Å². The smallest absolute Gasteiger partial charge is 0.0378 e. The van der Waals surface area contributed by atoms with Gasteiger partial charge in [0.2, 0.25) is 0 Å². The molecule has 0 unspecified atom stereocenters. The van der Waals surface area contributed by atoms with E-state index in [9.17, 15) is 0 Å². The van der Waals surface area contributed by atoms with E-state index in [1.54, 1.807) is 0 Å². The maximum atomic E-state index is 3.50. The Morgan fingerprint density at radius 2 is 2.14 bits per heavy atom. The minimum Gasteiger partial charge on any atom is -0.385 e. The van der Waals surface area contributed by atoms with Crippen LogP contribution < -0.4 is 5.32 Å². The van der Waals surface area contributed by atoms with Gasteiger partial charge in [0.15, 0.2) is 0 Å². The highest BCUT2D eigenvalue weighted by Gasteiger charge is 2.25. The Kier molecular flexibility index (Phi) is 2.73. The third-order valence-corrected chi connectivity index (χ3v) is 3.68. The van der Waals surface area contributed by atoms with E-state index in [2.05, 4.69) is 60.0 Å². The summed E-state index contributed by atoms with van der Waals surface area (Å²) in [6.45, 7) is 5.79. The Morgan fingerprint density at radius 1 is 1.36 bits per heavy atom. The Balaban J connectivity index is 2.52. The van der Waals surface area contributed by atoms with Gasteiger partial charge in [0.05, 0.1) is 0 Å². The van der Waals surface area contributed by atoms with Crippen molar-refractivity contribution in [2.45, 2.75) is 32.1 Å². The molecule has 1 aliphatic heterocycles. The molecule has 0 saturated carbocycles. The van der Waals surface area contributed by atoms with Gasteiger partial charge in [-0.3, -0.25) is 0 Å². The first kappa shape index (κ1) is 10.3. The summed E-state index contributed by atoms with van der Waals surface area (Å²) in [6, 6.07) is 6.70. The molecule has 1 N–H and O–H groups in total. The van der Waals surface area contributed by atoms with Crippen LogP contribution in [0.25, 0.3) is 0 Å². The average molecular weight is 301 g/mol. The molecule has 1 aromatic rings. The molecule has 1 heterocycles. The Bertz CT molecular complexity index is 344. The topological polar surface area (TPSA) is 12.0 Å². The van der Waals surface area contributed by atoms with Gasteiger partial charge in [-0.1, -0.05) is 13.8 Å². The lowest BCUT2D eigenvalue weighted by molar-refractivity contribution is 0.478. The predicted octanol–water partition coefficient (Wildman–Crippen LogP) is 3.77. The van der Waals surface area contributed by atoms with Crippen LogP contribution in [0.5, 0.6) is 0 Å². The molecule has 0 bridgehead atoms. The fourth-order valence-corrected chi connectivity index (χ4v) is 2.61. The molecular weight excluding hydrogens is 285 g/mol. The minimum atomic E-state index is 0.319. The van der Waals surface area contributed by atoms with Gasteiger partial charge < -0.3 is 5.32 Å². The zero-order valence-corrected chi connectivity index (χ0v) is 10.9. The van der Waals surface area contributed by atoms with Gasteiger partial charge in [-0.2, -0.15) is 0 Å². The number of benzene rings is 1. The summed E-state index contributed by atoms with van der Waals surface area (Å²) in [5.41, 5.74) is 3.12. The largest absolute Gasteiger partial charge is 0.385 e. The van der Waals surface area contributed by atoms with Crippen molar-refractivity contribution in [3.05, 3.63) is 27.3 Å². The second-order valence-corrected chi connectivity index (χ2v) is 5.85. The molecule has 14 heavy (non-hydrogen) atoms. The normalized spacial score (nSPS) is 19.4. The zero-order chi connectivity index (χ0) is 10.2. The highest BCUT2D eigenvalue weighted by atomic mass is 127. The quantitative estimate of drug-likeness (QED) is 0.719. The SMILES string of the molecule is CC1(C)CCCNc2ccc(I)cc21. The lowest BCUT2D eigenvalue weighted by Gasteiger charge is -2.25. The molecule has 1 aliphatic rings. The van der Waals surface area contributed by atoms with Crippen LogP contribution in [-0.2, 0) is 5.41 Å². The zero-order valence-electron chi connectivity index (χ0n) is 8.73. The molecule has 2 heteroatoms. The first-order valence-electron chi connectivity index (χ1n) is 5.13. The van der Waals surface area contributed by atoms with E-state index in [1.165, 1.54) is 27.7 Å². The number of fused-ring (bicyclic) bond motifs is 1. The van der Waals surface area contributed by atoms with E-state index >= 15 is 0 Å². The first-order valence-corrected chi connectivity index (χ1v) is 6.21. The van der Waals surface area contributed by atoms with Crippen LogP contribution in [0.4, 0.5) is 5.69 Å². The number of anilines is 1. The van der Waals surface area contributed by atoms with Crippen LogP contribution >= 0.6 is 22.6 Å². The van der Waals surface area contributed by atoms with E-state index in [0.717, 1.165) is 6.54 Å². The molecule has 0 aliphatic carbocycles. The van der Waals surface area contributed by atoms with E-state index in [1.807, 2.05) is 0 Å². The molecular formula is C12H16IN. The lowest BCUT2D eigenvalue weighted by atomic mass is 9.80. The lowest BCUT2D eigenvalue weighted by Crippen LogP contribution is -2.16. The van der Waals surface area contributed by atoms with Crippen LogP contribution in [0.2, 0.25) is 0 Å². The van der Waals surface area contributed by atoms with E-state index < -0.39 is 0 Å². The van der Waals surface area contributed by atoms with Crippen molar-refractivity contribution in [1.82, 2.24) is 0 Å². The number of hydrogen-bond acceptors (Lipinski definition) is 1. The number of nitrogens with one attached hydrogen (secondary N) is 1. The molecule has 1 aromatic carbocycles. The van der Waals surface area contributed by atoms with Crippen LogP contribution in [-0.4, -0.2) is 6.54 Å². The molecule has 0 radical (unpaired) electrons. The van der Waals surface area contributed by atoms with Crippen LogP contribution in [0.3, 0.4) is 0 Å². The molecule has 0 atom stereocenters. The highest BCUT2D eigenvalue weighted by molar-refractivity contribution is 14.1. The number of halogens is 1. The summed E-state index contributed by atoms with van der Waals surface area (Å²) in [5.74, 6) is 0. The van der Waals surface area contributed by atoms with Gasteiger partial charge in [0, 0.05) is 15.8 Å². The van der Waals surface area contributed by atoms with Gasteiger partial charge in [0.25, 0.3) is 0 Å². The van der Waals surface area contributed by atoms with Crippen molar-refractivity contribution >= 4 is 28.3 Å². The molecule has 0 spiro atoms. The molecule has 1 nitrogen and oxygen atoms in total. The van der Waals surface area contributed by atoms with E-state index in [4.69, 9.17) is 0 Å². The summed E-state index contributed by atoms with van der Waals surface area (Å²) in [4.78, 5) is 0. The second-order valence-electron chi connectivity index (χ2n) is 4.60. The third kappa shape index (κ3) is 1.90. The van der Waals surface area contributed by atoms with Gasteiger partial charge in [-0.25, -0.2) is 0 Å². The summed E-state index contributed by atoms with van der Waals surface area (Å²) in [5, 5.41) is 3.50. The summed E-state index contributed by atoms with van der Waals surface area (Å²) >= 11 is 2.39. The number of hydrogen-bond donors (Lipinski definition) is 1. The summed E-state index contributed by atoms with van der Waals surface area (Å²) in [6.07, 6.45) is 2.53. The molecule has 0 aromatic heterocycles. The van der Waals surface area contributed by atoms with Gasteiger partial charge in [-0.15, -0.1) is 0 Å². The summed E-state index contributed by atoms with van der Waals surface area (Å²) in [7, 11) is 0.